The van der Waals surface area contributed by atoms with Crippen molar-refractivity contribution in [2.75, 3.05) is 0 Å². The maximum atomic E-state index is 11.6. The molecule has 0 aromatic rings. The quantitative estimate of drug-likeness (QED) is 0.407. The van der Waals surface area contributed by atoms with Gasteiger partial charge in [0.15, 0.2) is 10.1 Å². The topological polar surface area (TPSA) is 51.2 Å². The number of carbonyl (C=O) groups is 3. The lowest BCUT2D eigenvalue weighted by molar-refractivity contribution is -0.147. The predicted molar refractivity (Wildman–Crippen MR) is 50.2 cm³/mol. The van der Waals surface area contributed by atoms with Gasteiger partial charge >= 0.3 is 0 Å². The van der Waals surface area contributed by atoms with E-state index in [2.05, 4.69) is 0 Å². The van der Waals surface area contributed by atoms with Gasteiger partial charge in [0.1, 0.15) is 18.0 Å². The summed E-state index contributed by atoms with van der Waals surface area (Å²) in [6.07, 6.45) is 2.95. The summed E-state index contributed by atoms with van der Waals surface area (Å²) in [7, 11) is 0. The van der Waals surface area contributed by atoms with Crippen molar-refractivity contribution >= 4 is 41.6 Å². The van der Waals surface area contributed by atoms with Crippen LogP contribution < -0.4 is 0 Å². The van der Waals surface area contributed by atoms with Crippen LogP contribution in [0.1, 0.15) is 6.42 Å². The Bertz CT molecular complexity index is 372. The van der Waals surface area contributed by atoms with E-state index >= 15 is 0 Å². The molecule has 0 spiro atoms. The van der Waals surface area contributed by atoms with Gasteiger partial charge in [-0.25, -0.2) is 0 Å². The number of alkyl halides is 2. The number of ketones is 1. The van der Waals surface area contributed by atoms with Crippen LogP contribution in [0.4, 0.5) is 0 Å². The first-order chi connectivity index (χ1) is 6.51. The Labute approximate surface area is 90.0 Å². The normalized spacial score (nSPS) is 38.3. The average Bonchev–Trinajstić information content (AvgIpc) is 2.54. The molecule has 0 amide bonds. The molecule has 0 bridgehead atoms. The Morgan fingerprint density at radius 1 is 1.43 bits per heavy atom. The molecule has 0 aromatic heterocycles. The van der Waals surface area contributed by atoms with E-state index in [1.807, 2.05) is 0 Å². The molecule has 2 unspecified atom stereocenters. The van der Waals surface area contributed by atoms with Crippen molar-refractivity contribution < 1.29 is 14.4 Å². The number of fused-ring (bicyclic) bond motifs is 1. The smallest absolute Gasteiger partial charge is 0.187 e. The number of hydrogen-bond donors (Lipinski definition) is 0. The molecular formula is C9H6Cl2O3. The molecule has 1 saturated carbocycles. The zero-order chi connectivity index (χ0) is 10.6. The van der Waals surface area contributed by atoms with Crippen molar-refractivity contribution in [3.8, 4) is 0 Å². The molecule has 0 aromatic carbocycles. The fourth-order valence-corrected chi connectivity index (χ4v) is 3.06. The largest absolute Gasteiger partial charge is 0.302 e. The molecule has 1 fully saturated rings. The van der Waals surface area contributed by atoms with Crippen LogP contribution in [0.15, 0.2) is 11.6 Å². The van der Waals surface area contributed by atoms with E-state index in [9.17, 15) is 14.4 Å². The molecule has 3 nitrogen and oxygen atoms in total. The minimum atomic E-state index is -1.51. The third-order valence-electron chi connectivity index (χ3n) is 3.03. The highest BCUT2D eigenvalue weighted by Crippen LogP contribution is 2.63. The van der Waals surface area contributed by atoms with E-state index < -0.39 is 21.4 Å². The zero-order valence-electron chi connectivity index (χ0n) is 7.00. The maximum Gasteiger partial charge on any atom is 0.187 e. The molecule has 0 saturated heterocycles. The van der Waals surface area contributed by atoms with Crippen molar-refractivity contribution in [2.24, 2.45) is 11.3 Å². The van der Waals surface area contributed by atoms with Gasteiger partial charge in [-0.15, -0.1) is 0 Å². The van der Waals surface area contributed by atoms with Gasteiger partial charge in [-0.3, -0.25) is 9.59 Å². The highest BCUT2D eigenvalue weighted by atomic mass is 35.5. The van der Waals surface area contributed by atoms with Crippen LogP contribution in [-0.2, 0) is 14.4 Å². The molecule has 74 valence electrons. The average molecular weight is 233 g/mol. The summed E-state index contributed by atoms with van der Waals surface area (Å²) in [5.74, 6) is -1.06. The molecule has 0 radical (unpaired) electrons. The van der Waals surface area contributed by atoms with Crippen molar-refractivity contribution in [3.05, 3.63) is 11.6 Å². The van der Waals surface area contributed by atoms with Crippen LogP contribution in [0.3, 0.4) is 0 Å². The molecule has 2 rings (SSSR count). The summed E-state index contributed by atoms with van der Waals surface area (Å²) in [5, 5.41) is 0. The van der Waals surface area contributed by atoms with Crippen molar-refractivity contribution in [1.29, 1.82) is 0 Å². The fourth-order valence-electron chi connectivity index (χ4n) is 2.23. The summed E-state index contributed by atoms with van der Waals surface area (Å²) in [6, 6.07) is 0. The summed E-state index contributed by atoms with van der Waals surface area (Å²) >= 11 is 11.5. The van der Waals surface area contributed by atoms with Gasteiger partial charge in [0.25, 0.3) is 0 Å². The van der Waals surface area contributed by atoms with Crippen molar-refractivity contribution in [1.82, 2.24) is 0 Å². The second kappa shape index (κ2) is 2.67. The number of Topliss-reactive ketones (excluding diaryl/α,β-unsaturated/α-hetero) is 1. The first-order valence-electron chi connectivity index (χ1n) is 4.06. The second-order valence-corrected chi connectivity index (χ2v) is 4.89. The lowest BCUT2D eigenvalue weighted by Gasteiger charge is -2.48. The van der Waals surface area contributed by atoms with Gasteiger partial charge in [-0.1, -0.05) is 29.3 Å². The van der Waals surface area contributed by atoms with E-state index in [0.717, 1.165) is 0 Å². The van der Waals surface area contributed by atoms with Gasteiger partial charge in [0.2, 0.25) is 0 Å². The SMILES string of the molecule is O=CC1=CCC2C(Cl)(Cl)C(=O)C12C=O. The Morgan fingerprint density at radius 2 is 2.07 bits per heavy atom. The molecule has 14 heavy (non-hydrogen) atoms. The van der Waals surface area contributed by atoms with E-state index in [0.29, 0.717) is 19.0 Å². The monoisotopic (exact) mass is 232 g/mol. The van der Waals surface area contributed by atoms with Gasteiger partial charge in [-0.05, 0) is 6.42 Å². The van der Waals surface area contributed by atoms with Crippen LogP contribution in [0.2, 0.25) is 0 Å². The zero-order valence-corrected chi connectivity index (χ0v) is 8.51. The predicted octanol–water partition coefficient (Wildman–Crippen LogP) is 1.07. The first-order valence-corrected chi connectivity index (χ1v) is 4.82. The number of aldehydes is 2. The molecule has 2 aliphatic carbocycles. The minimum absolute atomic E-state index is 0.194. The minimum Gasteiger partial charge on any atom is -0.302 e. The number of allylic oxidation sites excluding steroid dienone is 2. The maximum absolute atomic E-state index is 11.6. The van der Waals surface area contributed by atoms with Gasteiger partial charge in [0, 0.05) is 11.5 Å². The van der Waals surface area contributed by atoms with Crippen LogP contribution in [0, 0.1) is 11.3 Å². The lowest BCUT2D eigenvalue weighted by atomic mass is 9.58. The molecule has 0 heterocycles. The third-order valence-corrected chi connectivity index (χ3v) is 3.90. The van der Waals surface area contributed by atoms with Gasteiger partial charge in [0.05, 0.1) is 0 Å². The van der Waals surface area contributed by atoms with E-state index in [4.69, 9.17) is 23.2 Å². The molecule has 2 atom stereocenters. The summed E-state index contributed by atoms with van der Waals surface area (Å²) in [4.78, 5) is 33.2. The number of hydrogen-bond acceptors (Lipinski definition) is 3. The summed E-state index contributed by atoms with van der Waals surface area (Å²) < 4.78 is -1.51. The van der Waals surface area contributed by atoms with Crippen LogP contribution in [0.5, 0.6) is 0 Å². The summed E-state index contributed by atoms with van der Waals surface area (Å²) in [6.45, 7) is 0. The standard InChI is InChI=1S/C9H6Cl2O3/c10-9(11)6-2-1-5(3-12)8(6,4-13)7(9)14/h1,3-4,6H,2H2. The lowest BCUT2D eigenvalue weighted by Crippen LogP contribution is -2.64. The van der Waals surface area contributed by atoms with Gasteiger partial charge in [-0.2, -0.15) is 0 Å². The Morgan fingerprint density at radius 3 is 2.57 bits per heavy atom. The Kier molecular flexibility index (Phi) is 1.88. The second-order valence-electron chi connectivity index (χ2n) is 3.50. The molecular weight excluding hydrogens is 227 g/mol. The van der Waals surface area contributed by atoms with Crippen molar-refractivity contribution in [3.63, 3.8) is 0 Å². The third kappa shape index (κ3) is 0.782. The van der Waals surface area contributed by atoms with Crippen molar-refractivity contribution in [2.45, 2.75) is 10.8 Å². The molecule has 2 aliphatic rings. The molecule has 5 heteroatoms. The number of carbonyl (C=O) groups excluding carboxylic acids is 3. The number of halogens is 2. The molecule has 0 aliphatic heterocycles. The highest BCUT2D eigenvalue weighted by Gasteiger charge is 2.73. The Hall–Kier alpha value is -0.670. The first kappa shape index (κ1) is 9.87. The van der Waals surface area contributed by atoms with E-state index in [1.54, 1.807) is 6.08 Å². The number of rotatable bonds is 2. The van der Waals surface area contributed by atoms with Crippen LogP contribution >= 0.6 is 23.2 Å². The highest BCUT2D eigenvalue weighted by molar-refractivity contribution is 6.63. The summed E-state index contributed by atoms with van der Waals surface area (Å²) in [5.41, 5.74) is -1.16. The fraction of sp³-hybridized carbons (Fsp3) is 0.444. The van der Waals surface area contributed by atoms with E-state index in [1.165, 1.54) is 0 Å². The van der Waals surface area contributed by atoms with Crippen LogP contribution in [-0.4, -0.2) is 22.7 Å². The van der Waals surface area contributed by atoms with Gasteiger partial charge < -0.3 is 4.79 Å². The van der Waals surface area contributed by atoms with E-state index in [-0.39, 0.29) is 5.57 Å². The van der Waals surface area contributed by atoms with Crippen LogP contribution in [0.25, 0.3) is 0 Å². The Balaban J connectivity index is 2.50. The molecule has 0 N–H and O–H groups in total.